The summed E-state index contributed by atoms with van der Waals surface area (Å²) in [5.74, 6) is 1.22. The summed E-state index contributed by atoms with van der Waals surface area (Å²) in [5.41, 5.74) is 0. The average molecular weight is 148 g/mol. The summed E-state index contributed by atoms with van der Waals surface area (Å²) in [6, 6.07) is 0. The van der Waals surface area contributed by atoms with Crippen LogP contribution in [0.25, 0.3) is 0 Å². The molecule has 1 saturated heterocycles. The fourth-order valence-corrected chi connectivity index (χ4v) is 3.06. The summed E-state index contributed by atoms with van der Waals surface area (Å²) in [4.78, 5) is 0. The molecule has 9 heavy (non-hydrogen) atoms. The maximum absolute atomic E-state index is 10.9. The normalized spacial score (nSPS) is 34.1. The lowest BCUT2D eigenvalue weighted by Crippen LogP contribution is -2.22. The summed E-state index contributed by atoms with van der Waals surface area (Å²) in [6.07, 6.45) is 1.95. The van der Waals surface area contributed by atoms with Crippen molar-refractivity contribution in [2.24, 2.45) is 5.92 Å². The van der Waals surface area contributed by atoms with Crippen molar-refractivity contribution in [3.8, 4) is 0 Å². The van der Waals surface area contributed by atoms with Gasteiger partial charge in [-0.05, 0) is 18.8 Å². The molecule has 0 radical (unpaired) electrons. The van der Waals surface area contributed by atoms with E-state index in [9.17, 15) is 8.42 Å². The largest absolute Gasteiger partial charge is 0.229 e. The Bertz CT molecular complexity index is 181. The first-order chi connectivity index (χ1) is 4.10. The van der Waals surface area contributed by atoms with E-state index < -0.39 is 9.84 Å². The summed E-state index contributed by atoms with van der Waals surface area (Å²) in [6.45, 7) is 2.00. The molecule has 1 rings (SSSR count). The smallest absolute Gasteiger partial charge is 0.150 e. The van der Waals surface area contributed by atoms with Crippen LogP contribution in [0.3, 0.4) is 0 Å². The van der Waals surface area contributed by atoms with Crippen molar-refractivity contribution in [2.45, 2.75) is 19.8 Å². The molecule has 1 fully saturated rings. The Morgan fingerprint density at radius 1 is 1.44 bits per heavy atom. The van der Waals surface area contributed by atoms with E-state index in [-0.39, 0.29) is 0 Å². The second-order valence-corrected chi connectivity index (χ2v) is 5.09. The van der Waals surface area contributed by atoms with Crippen molar-refractivity contribution in [1.29, 1.82) is 0 Å². The molecule has 0 saturated carbocycles. The number of rotatable bonds is 0. The van der Waals surface area contributed by atoms with Gasteiger partial charge >= 0.3 is 0 Å². The van der Waals surface area contributed by atoms with Gasteiger partial charge in [0.15, 0.2) is 9.84 Å². The van der Waals surface area contributed by atoms with E-state index in [1.807, 2.05) is 6.92 Å². The molecule has 0 aliphatic carbocycles. The lowest BCUT2D eigenvalue weighted by molar-refractivity contribution is 0.516. The quantitative estimate of drug-likeness (QED) is 0.510. The highest BCUT2D eigenvalue weighted by Crippen LogP contribution is 2.16. The standard InChI is InChI=1S/C6H12O2S/c1-6-3-2-4-9(7,8)5-6/h6H,2-5H2,1H3/t6-/m1/s1. The number of hydrogen-bond acceptors (Lipinski definition) is 2. The number of hydrogen-bond donors (Lipinski definition) is 0. The van der Waals surface area contributed by atoms with Gasteiger partial charge in [-0.25, -0.2) is 8.42 Å². The van der Waals surface area contributed by atoms with Crippen molar-refractivity contribution in [2.75, 3.05) is 11.5 Å². The first-order valence-electron chi connectivity index (χ1n) is 3.30. The van der Waals surface area contributed by atoms with Crippen molar-refractivity contribution < 1.29 is 8.42 Å². The molecule has 3 heteroatoms. The minimum Gasteiger partial charge on any atom is -0.229 e. The summed E-state index contributed by atoms with van der Waals surface area (Å²) in [7, 11) is -2.63. The number of sulfone groups is 1. The van der Waals surface area contributed by atoms with Crippen molar-refractivity contribution in [3.05, 3.63) is 0 Å². The zero-order valence-electron chi connectivity index (χ0n) is 5.63. The molecular formula is C6H12O2S. The van der Waals surface area contributed by atoms with Gasteiger partial charge in [0.2, 0.25) is 0 Å². The third kappa shape index (κ3) is 1.97. The first-order valence-corrected chi connectivity index (χ1v) is 5.13. The van der Waals surface area contributed by atoms with E-state index in [1.54, 1.807) is 0 Å². The Hall–Kier alpha value is -0.0500. The highest BCUT2D eigenvalue weighted by Gasteiger charge is 2.20. The molecule has 54 valence electrons. The van der Waals surface area contributed by atoms with Crippen LogP contribution in [0.1, 0.15) is 19.8 Å². The molecule has 2 nitrogen and oxygen atoms in total. The Morgan fingerprint density at radius 3 is 2.44 bits per heavy atom. The van der Waals surface area contributed by atoms with Crippen LogP contribution in [0.4, 0.5) is 0 Å². The second-order valence-electron chi connectivity index (χ2n) is 2.86. The van der Waals surface area contributed by atoms with Crippen molar-refractivity contribution in [3.63, 3.8) is 0 Å². The predicted molar refractivity (Wildman–Crippen MR) is 37.1 cm³/mol. The fraction of sp³-hybridized carbons (Fsp3) is 1.00. The zero-order chi connectivity index (χ0) is 6.91. The van der Waals surface area contributed by atoms with Crippen LogP contribution in [-0.4, -0.2) is 19.9 Å². The van der Waals surface area contributed by atoms with E-state index in [2.05, 4.69) is 0 Å². The van der Waals surface area contributed by atoms with Gasteiger partial charge in [0.25, 0.3) is 0 Å². The molecule has 0 aromatic rings. The van der Waals surface area contributed by atoms with Crippen LogP contribution in [-0.2, 0) is 9.84 Å². The first kappa shape index (κ1) is 7.06. The van der Waals surface area contributed by atoms with Gasteiger partial charge in [0.05, 0.1) is 11.5 Å². The molecule has 0 spiro atoms. The molecule has 0 bridgehead atoms. The van der Waals surface area contributed by atoms with Crippen molar-refractivity contribution >= 4 is 9.84 Å². The molecule has 0 aromatic carbocycles. The summed E-state index contributed by atoms with van der Waals surface area (Å²) >= 11 is 0. The molecule has 1 aliphatic rings. The van der Waals surface area contributed by atoms with Crippen LogP contribution < -0.4 is 0 Å². The molecule has 1 heterocycles. The van der Waals surface area contributed by atoms with E-state index >= 15 is 0 Å². The highest BCUT2D eigenvalue weighted by molar-refractivity contribution is 7.91. The molecule has 0 unspecified atom stereocenters. The molecule has 0 amide bonds. The Morgan fingerprint density at radius 2 is 2.11 bits per heavy atom. The summed E-state index contributed by atoms with van der Waals surface area (Å²) < 4.78 is 21.7. The zero-order valence-corrected chi connectivity index (χ0v) is 6.45. The van der Waals surface area contributed by atoms with E-state index in [4.69, 9.17) is 0 Å². The lowest BCUT2D eigenvalue weighted by Gasteiger charge is -2.16. The van der Waals surface area contributed by atoms with Gasteiger partial charge in [-0.3, -0.25) is 0 Å². The maximum atomic E-state index is 10.9. The average Bonchev–Trinajstić information content (AvgIpc) is 1.60. The van der Waals surface area contributed by atoms with Gasteiger partial charge in [0, 0.05) is 0 Å². The SMILES string of the molecule is C[C@@H]1CCCS(=O)(=O)C1. The fourth-order valence-electron chi connectivity index (χ4n) is 1.25. The van der Waals surface area contributed by atoms with Gasteiger partial charge in [-0.1, -0.05) is 6.92 Å². The Balaban J connectivity index is 2.62. The van der Waals surface area contributed by atoms with E-state index in [1.165, 1.54) is 0 Å². The third-order valence-electron chi connectivity index (χ3n) is 1.69. The van der Waals surface area contributed by atoms with Crippen LogP contribution in [0.2, 0.25) is 0 Å². The molecule has 0 aromatic heterocycles. The minimum absolute atomic E-state index is 0.392. The predicted octanol–water partition coefficient (Wildman–Crippen LogP) is 0.831. The highest BCUT2D eigenvalue weighted by atomic mass is 32.2. The molecule has 1 aliphatic heterocycles. The molecule has 0 N–H and O–H groups in total. The van der Waals surface area contributed by atoms with E-state index in [0.29, 0.717) is 17.4 Å². The topological polar surface area (TPSA) is 34.1 Å². The second kappa shape index (κ2) is 2.29. The van der Waals surface area contributed by atoms with Gasteiger partial charge in [0.1, 0.15) is 0 Å². The van der Waals surface area contributed by atoms with Crippen LogP contribution >= 0.6 is 0 Å². The van der Waals surface area contributed by atoms with Gasteiger partial charge in [-0.15, -0.1) is 0 Å². The minimum atomic E-state index is -2.63. The lowest BCUT2D eigenvalue weighted by atomic mass is 10.1. The van der Waals surface area contributed by atoms with Crippen LogP contribution in [0, 0.1) is 5.92 Å². The van der Waals surface area contributed by atoms with Gasteiger partial charge in [-0.2, -0.15) is 0 Å². The van der Waals surface area contributed by atoms with Crippen molar-refractivity contribution in [1.82, 2.24) is 0 Å². The van der Waals surface area contributed by atoms with Crippen LogP contribution in [0.15, 0.2) is 0 Å². The molecule has 1 atom stereocenters. The third-order valence-corrected chi connectivity index (χ3v) is 3.68. The van der Waals surface area contributed by atoms with Gasteiger partial charge < -0.3 is 0 Å². The monoisotopic (exact) mass is 148 g/mol. The van der Waals surface area contributed by atoms with Crippen LogP contribution in [0.5, 0.6) is 0 Å². The maximum Gasteiger partial charge on any atom is 0.150 e. The summed E-state index contributed by atoms with van der Waals surface area (Å²) in [5, 5.41) is 0. The Labute approximate surface area is 56.2 Å². The molecular weight excluding hydrogens is 136 g/mol. The van der Waals surface area contributed by atoms with E-state index in [0.717, 1.165) is 12.8 Å². The Kier molecular flexibility index (Phi) is 1.80.